The molecule has 1 saturated heterocycles. The van der Waals surface area contributed by atoms with Crippen LogP contribution in [-0.4, -0.2) is 60.1 Å². The van der Waals surface area contributed by atoms with E-state index < -0.39 is 6.36 Å². The Balaban J connectivity index is 1.92. The molecule has 4 nitrogen and oxygen atoms in total. The van der Waals surface area contributed by atoms with Gasteiger partial charge in [-0.25, -0.2) is 0 Å². The average molecular weight is 360 g/mol. The van der Waals surface area contributed by atoms with Crippen molar-refractivity contribution in [3.05, 3.63) is 29.8 Å². The lowest BCUT2D eigenvalue weighted by Crippen LogP contribution is -2.53. The molecule has 2 rings (SSSR count). The van der Waals surface area contributed by atoms with Gasteiger partial charge in [0, 0.05) is 45.4 Å². The van der Waals surface area contributed by atoms with E-state index in [-0.39, 0.29) is 12.4 Å². The fourth-order valence-corrected chi connectivity index (χ4v) is 3.29. The molecule has 1 N–H and O–H groups in total. The summed E-state index contributed by atoms with van der Waals surface area (Å²) in [5.74, 6) is 0.380. The second-order valence-electron chi connectivity index (χ2n) is 6.98. The van der Waals surface area contributed by atoms with Gasteiger partial charge in [0.25, 0.3) is 0 Å². The lowest BCUT2D eigenvalue weighted by atomic mass is 10.1. The van der Waals surface area contributed by atoms with Crippen LogP contribution in [0.1, 0.15) is 25.8 Å². The number of rotatable bonds is 7. The highest BCUT2D eigenvalue weighted by Crippen LogP contribution is 2.23. The first-order valence-electron chi connectivity index (χ1n) is 8.69. The number of aliphatic hydroxyl groups is 1. The van der Waals surface area contributed by atoms with Gasteiger partial charge in [-0.05, 0) is 30.0 Å². The molecule has 1 aromatic rings. The molecule has 0 aliphatic carbocycles. The minimum atomic E-state index is -4.66. The minimum Gasteiger partial charge on any atom is -0.406 e. The molecule has 0 amide bonds. The van der Waals surface area contributed by atoms with Crippen molar-refractivity contribution in [3.8, 4) is 5.75 Å². The lowest BCUT2D eigenvalue weighted by Gasteiger charge is -2.42. The summed E-state index contributed by atoms with van der Waals surface area (Å²) >= 11 is 0. The van der Waals surface area contributed by atoms with E-state index in [1.54, 1.807) is 12.1 Å². The van der Waals surface area contributed by atoms with Gasteiger partial charge in [0.15, 0.2) is 0 Å². The Labute approximate surface area is 147 Å². The molecule has 142 valence electrons. The molecule has 0 aromatic heterocycles. The molecule has 0 bridgehead atoms. The Morgan fingerprint density at radius 3 is 2.44 bits per heavy atom. The van der Waals surface area contributed by atoms with E-state index in [0.717, 1.165) is 38.2 Å². The highest BCUT2D eigenvalue weighted by Gasteiger charge is 2.31. The van der Waals surface area contributed by atoms with Gasteiger partial charge in [0.2, 0.25) is 0 Å². The van der Waals surface area contributed by atoms with Gasteiger partial charge in [-0.15, -0.1) is 13.2 Å². The van der Waals surface area contributed by atoms with Crippen molar-refractivity contribution in [2.75, 3.05) is 32.8 Å². The van der Waals surface area contributed by atoms with Crippen LogP contribution in [0.25, 0.3) is 0 Å². The Hall–Kier alpha value is -1.31. The molecule has 1 aliphatic heterocycles. The summed E-state index contributed by atoms with van der Waals surface area (Å²) in [7, 11) is 0. The first-order chi connectivity index (χ1) is 11.8. The predicted octanol–water partition coefficient (Wildman–Crippen LogP) is 3.11. The van der Waals surface area contributed by atoms with Crippen LogP contribution in [0.5, 0.6) is 5.75 Å². The molecular formula is C18H27F3N2O2. The van der Waals surface area contributed by atoms with Crippen molar-refractivity contribution in [1.29, 1.82) is 0 Å². The summed E-state index contributed by atoms with van der Waals surface area (Å²) in [6, 6.07) is 6.35. The van der Waals surface area contributed by atoms with Crippen LogP contribution in [0.4, 0.5) is 13.2 Å². The van der Waals surface area contributed by atoms with Gasteiger partial charge in [0.1, 0.15) is 5.75 Å². The molecule has 0 spiro atoms. The summed E-state index contributed by atoms with van der Waals surface area (Å²) < 4.78 is 40.5. The first-order valence-corrected chi connectivity index (χ1v) is 8.69. The second-order valence-corrected chi connectivity index (χ2v) is 6.98. The minimum absolute atomic E-state index is 0.163. The third-order valence-electron chi connectivity index (χ3n) is 4.31. The van der Waals surface area contributed by atoms with Crippen LogP contribution in [0, 0.1) is 5.92 Å². The molecule has 0 radical (unpaired) electrons. The van der Waals surface area contributed by atoms with Gasteiger partial charge in [-0.3, -0.25) is 9.80 Å². The van der Waals surface area contributed by atoms with E-state index in [4.69, 9.17) is 0 Å². The van der Waals surface area contributed by atoms with Crippen LogP contribution >= 0.6 is 0 Å². The Morgan fingerprint density at radius 2 is 1.88 bits per heavy atom. The van der Waals surface area contributed by atoms with Gasteiger partial charge in [-0.1, -0.05) is 26.0 Å². The third-order valence-corrected chi connectivity index (χ3v) is 4.31. The predicted molar refractivity (Wildman–Crippen MR) is 90.3 cm³/mol. The molecule has 0 saturated carbocycles. The quantitative estimate of drug-likeness (QED) is 0.811. The normalized spacial score (nSPS) is 20.2. The molecule has 0 unspecified atom stereocenters. The zero-order chi connectivity index (χ0) is 18.4. The number of hydrogen-bond acceptors (Lipinski definition) is 4. The van der Waals surface area contributed by atoms with Crippen molar-refractivity contribution in [3.63, 3.8) is 0 Å². The fraction of sp³-hybridized carbons (Fsp3) is 0.667. The van der Waals surface area contributed by atoms with E-state index in [0.29, 0.717) is 18.5 Å². The molecule has 1 heterocycles. The van der Waals surface area contributed by atoms with Crippen molar-refractivity contribution < 1.29 is 23.0 Å². The van der Waals surface area contributed by atoms with Crippen LogP contribution in [0.3, 0.4) is 0 Å². The van der Waals surface area contributed by atoms with Crippen molar-refractivity contribution in [2.24, 2.45) is 5.92 Å². The van der Waals surface area contributed by atoms with E-state index in [1.807, 2.05) is 0 Å². The Kier molecular flexibility index (Phi) is 7.10. The standard InChI is InChI=1S/C18H27F3N2O2/c1-14(2)11-23-9-8-22(13-16(23)7-10-24)12-15-3-5-17(6-4-15)25-18(19,20)21/h3-6,14,16,24H,7-13H2,1-2H3/t16-/m1/s1. The van der Waals surface area contributed by atoms with Gasteiger partial charge < -0.3 is 9.84 Å². The number of piperazine rings is 1. The average Bonchev–Trinajstić information content (AvgIpc) is 2.50. The van der Waals surface area contributed by atoms with Gasteiger partial charge >= 0.3 is 6.36 Å². The fourth-order valence-electron chi connectivity index (χ4n) is 3.29. The number of nitrogens with zero attached hydrogens (tertiary/aromatic N) is 2. The maximum absolute atomic E-state index is 12.2. The first kappa shape index (κ1) is 20.0. The lowest BCUT2D eigenvalue weighted by molar-refractivity contribution is -0.274. The summed E-state index contributed by atoms with van der Waals surface area (Å²) in [5.41, 5.74) is 0.953. The maximum Gasteiger partial charge on any atom is 0.573 e. The van der Waals surface area contributed by atoms with Crippen LogP contribution < -0.4 is 4.74 Å². The second kappa shape index (κ2) is 8.87. The molecule has 1 fully saturated rings. The number of ether oxygens (including phenoxy) is 1. The summed E-state index contributed by atoms with van der Waals surface area (Å²) in [6.07, 6.45) is -3.92. The monoisotopic (exact) mass is 360 g/mol. The summed E-state index contributed by atoms with van der Waals surface area (Å²) in [6.45, 7) is 8.95. The van der Waals surface area contributed by atoms with Crippen LogP contribution in [0.2, 0.25) is 0 Å². The van der Waals surface area contributed by atoms with E-state index in [2.05, 4.69) is 28.4 Å². The highest BCUT2D eigenvalue weighted by molar-refractivity contribution is 5.27. The van der Waals surface area contributed by atoms with Crippen molar-refractivity contribution in [1.82, 2.24) is 9.80 Å². The largest absolute Gasteiger partial charge is 0.573 e. The third kappa shape index (κ3) is 6.84. The molecule has 25 heavy (non-hydrogen) atoms. The van der Waals surface area contributed by atoms with E-state index >= 15 is 0 Å². The van der Waals surface area contributed by atoms with Crippen LogP contribution in [0.15, 0.2) is 24.3 Å². The number of aliphatic hydroxyl groups excluding tert-OH is 1. The smallest absolute Gasteiger partial charge is 0.406 e. The number of halogens is 3. The molecule has 1 atom stereocenters. The van der Waals surface area contributed by atoms with E-state index in [1.165, 1.54) is 12.1 Å². The Bertz CT molecular complexity index is 520. The molecule has 1 aromatic carbocycles. The van der Waals surface area contributed by atoms with Crippen molar-refractivity contribution in [2.45, 2.75) is 39.2 Å². The number of benzene rings is 1. The SMILES string of the molecule is CC(C)CN1CCN(Cc2ccc(OC(F)(F)F)cc2)C[C@H]1CCO. The maximum atomic E-state index is 12.2. The van der Waals surface area contributed by atoms with Gasteiger partial charge in [0.05, 0.1) is 0 Å². The molecule has 1 aliphatic rings. The summed E-state index contributed by atoms with van der Waals surface area (Å²) in [5, 5.41) is 9.32. The van der Waals surface area contributed by atoms with E-state index in [9.17, 15) is 18.3 Å². The zero-order valence-corrected chi connectivity index (χ0v) is 14.8. The van der Waals surface area contributed by atoms with Crippen LogP contribution in [-0.2, 0) is 6.54 Å². The molecule has 7 heteroatoms. The highest BCUT2D eigenvalue weighted by atomic mass is 19.4. The molecular weight excluding hydrogens is 333 g/mol. The zero-order valence-electron chi connectivity index (χ0n) is 14.8. The van der Waals surface area contributed by atoms with Crippen molar-refractivity contribution >= 4 is 0 Å². The number of alkyl halides is 3. The topological polar surface area (TPSA) is 35.9 Å². The Morgan fingerprint density at radius 1 is 1.20 bits per heavy atom. The summed E-state index contributed by atoms with van der Waals surface area (Å²) in [4.78, 5) is 4.72. The number of hydrogen-bond donors (Lipinski definition) is 1. The van der Waals surface area contributed by atoms with Gasteiger partial charge in [-0.2, -0.15) is 0 Å².